The van der Waals surface area contributed by atoms with Crippen LogP contribution in [0.15, 0.2) is 29.9 Å². The maximum absolute atomic E-state index is 13.7. The molecule has 2 N–H and O–H groups in total. The molecule has 0 bridgehead atoms. The summed E-state index contributed by atoms with van der Waals surface area (Å²) >= 11 is 1.63. The van der Waals surface area contributed by atoms with Crippen molar-refractivity contribution in [3.8, 4) is 10.6 Å². The van der Waals surface area contributed by atoms with Crippen LogP contribution in [0, 0.1) is 0 Å². The second kappa shape index (κ2) is 13.7. The summed E-state index contributed by atoms with van der Waals surface area (Å²) in [6, 6.07) is 3.31. The monoisotopic (exact) mass is 597 g/mol. The zero-order chi connectivity index (χ0) is 25.9. The Labute approximate surface area is 247 Å². The van der Waals surface area contributed by atoms with E-state index in [1.807, 2.05) is 17.0 Å². The molecule has 2 aromatic heterocycles. The SMILES string of the molecule is CCCCN1C(=O)[C@@H](CC2(O)CCCCC2)NC(=O)C12CCN(Cc1csc(-c3ccncc3)n1)CC2.Cl.Cl. The molecule has 1 aliphatic carbocycles. The summed E-state index contributed by atoms with van der Waals surface area (Å²) in [5.41, 5.74) is 0.457. The molecule has 1 spiro atoms. The number of carbonyl (C=O) groups excluding carboxylic acids is 2. The fourth-order valence-corrected chi connectivity index (χ4v) is 7.08. The molecule has 2 aromatic rings. The van der Waals surface area contributed by atoms with Crippen LogP contribution in [-0.2, 0) is 16.1 Å². The Morgan fingerprint density at radius 2 is 1.77 bits per heavy atom. The molecule has 2 saturated heterocycles. The predicted octanol–water partition coefficient (Wildman–Crippen LogP) is 4.60. The van der Waals surface area contributed by atoms with Gasteiger partial charge in [-0.3, -0.25) is 19.5 Å². The van der Waals surface area contributed by atoms with Crippen LogP contribution in [-0.4, -0.2) is 73.5 Å². The van der Waals surface area contributed by atoms with Crippen molar-refractivity contribution >= 4 is 48.0 Å². The van der Waals surface area contributed by atoms with E-state index in [9.17, 15) is 14.7 Å². The van der Waals surface area contributed by atoms with Crippen LogP contribution >= 0.6 is 36.2 Å². The lowest BCUT2D eigenvalue weighted by molar-refractivity contribution is -0.163. The first-order chi connectivity index (χ1) is 17.9. The van der Waals surface area contributed by atoms with E-state index in [-0.39, 0.29) is 36.6 Å². The minimum atomic E-state index is -0.848. The van der Waals surface area contributed by atoms with Gasteiger partial charge in [-0.2, -0.15) is 0 Å². The van der Waals surface area contributed by atoms with Crippen LogP contribution in [0.25, 0.3) is 10.6 Å². The molecule has 11 heteroatoms. The largest absolute Gasteiger partial charge is 0.390 e. The molecule has 216 valence electrons. The molecular weight excluding hydrogens is 557 g/mol. The smallest absolute Gasteiger partial charge is 0.246 e. The van der Waals surface area contributed by atoms with Gasteiger partial charge in [-0.05, 0) is 44.2 Å². The number of nitrogens with zero attached hydrogens (tertiary/aromatic N) is 4. The van der Waals surface area contributed by atoms with E-state index in [0.29, 0.717) is 38.6 Å². The summed E-state index contributed by atoms with van der Waals surface area (Å²) < 4.78 is 0. The Balaban J connectivity index is 0.00000210. The Morgan fingerprint density at radius 3 is 2.44 bits per heavy atom. The number of thiazole rings is 1. The second-order valence-corrected chi connectivity index (χ2v) is 11.9. The molecule has 39 heavy (non-hydrogen) atoms. The number of rotatable bonds is 8. The molecule has 5 rings (SSSR count). The third-order valence-electron chi connectivity index (χ3n) is 8.46. The van der Waals surface area contributed by atoms with Crippen LogP contribution in [0.1, 0.15) is 76.8 Å². The standard InChI is InChI=1S/C28H39N5O3S.2ClH/c1-2-3-15-33-25(34)23(18-27(36)9-5-4-6-10-27)31-26(35)28(33)11-16-32(17-12-28)19-22-20-37-24(30-22)21-7-13-29-14-8-21;;/h7-8,13-14,20,23,36H,2-6,9-12,15-19H2,1H3,(H,31,35);2*1H/t23-;;/m1../s1. The van der Waals surface area contributed by atoms with Gasteiger partial charge in [-0.15, -0.1) is 36.2 Å². The van der Waals surface area contributed by atoms with E-state index in [2.05, 4.69) is 27.5 Å². The van der Waals surface area contributed by atoms with Crippen molar-refractivity contribution in [3.05, 3.63) is 35.6 Å². The fourth-order valence-electron chi connectivity index (χ4n) is 6.26. The number of unbranched alkanes of at least 4 members (excludes halogenated alkanes) is 1. The number of amides is 2. The van der Waals surface area contributed by atoms with Crippen molar-refractivity contribution in [2.45, 2.75) is 94.9 Å². The number of aliphatic hydroxyl groups is 1. The summed E-state index contributed by atoms with van der Waals surface area (Å²) in [4.78, 5) is 40.5. The Bertz CT molecular complexity index is 1090. The molecule has 2 aliphatic heterocycles. The lowest BCUT2D eigenvalue weighted by Crippen LogP contribution is -2.73. The van der Waals surface area contributed by atoms with Gasteiger partial charge >= 0.3 is 0 Å². The minimum Gasteiger partial charge on any atom is -0.390 e. The number of likely N-dealkylation sites (tertiary alicyclic amines) is 1. The van der Waals surface area contributed by atoms with Crippen LogP contribution in [0.2, 0.25) is 0 Å². The van der Waals surface area contributed by atoms with Crippen molar-refractivity contribution in [1.29, 1.82) is 0 Å². The van der Waals surface area contributed by atoms with Crippen molar-refractivity contribution < 1.29 is 14.7 Å². The van der Waals surface area contributed by atoms with E-state index in [4.69, 9.17) is 4.98 Å². The Kier molecular flexibility index (Phi) is 11.2. The second-order valence-electron chi connectivity index (χ2n) is 11.0. The lowest BCUT2D eigenvalue weighted by Gasteiger charge is -2.52. The number of piperidine rings is 1. The molecule has 3 fully saturated rings. The predicted molar refractivity (Wildman–Crippen MR) is 158 cm³/mol. The highest BCUT2D eigenvalue weighted by Gasteiger charge is 2.54. The number of nitrogens with one attached hydrogen (secondary N) is 1. The van der Waals surface area contributed by atoms with Gasteiger partial charge in [0.25, 0.3) is 0 Å². The average Bonchev–Trinajstić information content (AvgIpc) is 3.38. The van der Waals surface area contributed by atoms with Gasteiger partial charge in [-0.1, -0.05) is 32.6 Å². The van der Waals surface area contributed by atoms with Gasteiger partial charge in [-0.25, -0.2) is 4.98 Å². The van der Waals surface area contributed by atoms with Crippen molar-refractivity contribution in [1.82, 2.24) is 25.1 Å². The number of carbonyl (C=O) groups is 2. The summed E-state index contributed by atoms with van der Waals surface area (Å²) in [7, 11) is 0. The molecule has 0 aromatic carbocycles. The zero-order valence-corrected chi connectivity index (χ0v) is 25.1. The zero-order valence-electron chi connectivity index (χ0n) is 22.6. The van der Waals surface area contributed by atoms with Crippen LogP contribution in [0.4, 0.5) is 0 Å². The van der Waals surface area contributed by atoms with Gasteiger partial charge < -0.3 is 15.3 Å². The molecule has 0 radical (unpaired) electrons. The molecule has 4 heterocycles. The first-order valence-corrected chi connectivity index (χ1v) is 14.7. The maximum Gasteiger partial charge on any atom is 0.246 e. The highest BCUT2D eigenvalue weighted by Crippen LogP contribution is 2.37. The van der Waals surface area contributed by atoms with Crippen LogP contribution in [0.3, 0.4) is 0 Å². The van der Waals surface area contributed by atoms with E-state index in [1.165, 1.54) is 0 Å². The topological polar surface area (TPSA) is 98.7 Å². The summed E-state index contributed by atoms with van der Waals surface area (Å²) in [6.07, 6.45) is 11.5. The first-order valence-electron chi connectivity index (χ1n) is 13.8. The number of pyridine rings is 1. The van der Waals surface area contributed by atoms with E-state index < -0.39 is 17.2 Å². The van der Waals surface area contributed by atoms with Crippen LogP contribution < -0.4 is 5.32 Å². The molecule has 3 aliphatic rings. The fraction of sp³-hybridized carbons (Fsp3) is 0.643. The van der Waals surface area contributed by atoms with Crippen molar-refractivity contribution in [2.75, 3.05) is 19.6 Å². The van der Waals surface area contributed by atoms with Gasteiger partial charge in [0.05, 0.1) is 11.3 Å². The van der Waals surface area contributed by atoms with E-state index >= 15 is 0 Å². The lowest BCUT2D eigenvalue weighted by atomic mass is 9.77. The number of aromatic nitrogens is 2. The number of piperazine rings is 1. The van der Waals surface area contributed by atoms with E-state index in [1.54, 1.807) is 23.7 Å². The quantitative estimate of drug-likeness (QED) is 0.461. The molecule has 1 saturated carbocycles. The van der Waals surface area contributed by atoms with Crippen LogP contribution in [0.5, 0.6) is 0 Å². The van der Waals surface area contributed by atoms with Gasteiger partial charge in [0, 0.05) is 55.9 Å². The summed E-state index contributed by atoms with van der Waals surface area (Å²) in [6.45, 7) is 4.91. The highest BCUT2D eigenvalue weighted by molar-refractivity contribution is 7.13. The van der Waals surface area contributed by atoms with Gasteiger partial charge in [0.2, 0.25) is 11.8 Å². The maximum atomic E-state index is 13.7. The molecule has 0 unspecified atom stereocenters. The summed E-state index contributed by atoms with van der Waals surface area (Å²) in [5.74, 6) is -0.0529. The first kappa shape index (κ1) is 31.7. The third kappa shape index (κ3) is 6.93. The van der Waals surface area contributed by atoms with Gasteiger partial charge in [0.15, 0.2) is 0 Å². The van der Waals surface area contributed by atoms with E-state index in [0.717, 1.165) is 68.0 Å². The minimum absolute atomic E-state index is 0. The number of hydrogen-bond acceptors (Lipinski definition) is 7. The van der Waals surface area contributed by atoms with Crippen molar-refractivity contribution in [3.63, 3.8) is 0 Å². The Hall–Kier alpha value is -1.78. The summed E-state index contributed by atoms with van der Waals surface area (Å²) in [5, 5.41) is 17.3. The average molecular weight is 599 g/mol. The molecular formula is C28H41Cl2N5O3S. The molecule has 1 atom stereocenters. The highest BCUT2D eigenvalue weighted by atomic mass is 35.5. The van der Waals surface area contributed by atoms with Gasteiger partial charge in [0.1, 0.15) is 16.6 Å². The molecule has 2 amide bonds. The normalized spacial score (nSPS) is 22.6. The van der Waals surface area contributed by atoms with Crippen molar-refractivity contribution in [2.24, 2.45) is 0 Å². The number of halogens is 2. The number of hydrogen-bond donors (Lipinski definition) is 2. The Morgan fingerprint density at radius 1 is 1.08 bits per heavy atom. The third-order valence-corrected chi connectivity index (χ3v) is 9.40. The molecule has 8 nitrogen and oxygen atoms in total.